The smallest absolute Gasteiger partial charge is 0.0724 e. The minimum atomic E-state index is 0.532. The fourth-order valence-corrected chi connectivity index (χ4v) is 2.24. The zero-order chi connectivity index (χ0) is 13.8. The van der Waals surface area contributed by atoms with Crippen LogP contribution in [0.15, 0.2) is 36.4 Å². The zero-order valence-electron chi connectivity index (χ0n) is 11.0. The number of aryl methyl sites for hydroxylation is 2. The highest BCUT2D eigenvalue weighted by atomic mass is 35.5. The van der Waals surface area contributed by atoms with Crippen molar-refractivity contribution in [2.45, 2.75) is 27.1 Å². The Labute approximate surface area is 124 Å². The second-order valence-electron chi connectivity index (χ2n) is 4.67. The lowest BCUT2D eigenvalue weighted by Crippen LogP contribution is -1.96. The summed E-state index contributed by atoms with van der Waals surface area (Å²) in [6.45, 7) is 5.33. The topological polar surface area (TPSA) is 9.23 Å². The summed E-state index contributed by atoms with van der Waals surface area (Å²) < 4.78 is 5.72. The molecule has 0 aliphatic heterocycles. The summed E-state index contributed by atoms with van der Waals surface area (Å²) in [7, 11) is 0. The number of rotatable bonds is 4. The minimum Gasteiger partial charge on any atom is -0.372 e. The van der Waals surface area contributed by atoms with E-state index in [1.54, 1.807) is 6.07 Å². The molecule has 100 valence electrons. The maximum Gasteiger partial charge on any atom is 0.0724 e. The number of benzene rings is 2. The molecular formula is C16H16Cl2O. The molecule has 0 atom stereocenters. The van der Waals surface area contributed by atoms with Gasteiger partial charge in [-0.2, -0.15) is 0 Å². The maximum absolute atomic E-state index is 5.96. The fourth-order valence-electron chi connectivity index (χ4n) is 1.92. The van der Waals surface area contributed by atoms with Crippen molar-refractivity contribution in [2.24, 2.45) is 0 Å². The highest BCUT2D eigenvalue weighted by Gasteiger charge is 2.02. The molecule has 19 heavy (non-hydrogen) atoms. The van der Waals surface area contributed by atoms with Crippen molar-refractivity contribution in [3.63, 3.8) is 0 Å². The molecule has 0 N–H and O–H groups in total. The predicted octanol–water partition coefficient (Wildman–Crippen LogP) is 5.33. The van der Waals surface area contributed by atoms with Crippen molar-refractivity contribution < 1.29 is 4.74 Å². The van der Waals surface area contributed by atoms with Gasteiger partial charge in [0.2, 0.25) is 0 Å². The van der Waals surface area contributed by atoms with Crippen LogP contribution in [-0.4, -0.2) is 0 Å². The summed E-state index contributed by atoms with van der Waals surface area (Å²) in [4.78, 5) is 0. The van der Waals surface area contributed by atoms with Crippen LogP contribution in [0, 0.1) is 13.8 Å². The molecular weight excluding hydrogens is 279 g/mol. The summed E-state index contributed by atoms with van der Waals surface area (Å²) in [5.74, 6) is 0. The Morgan fingerprint density at radius 3 is 2.37 bits per heavy atom. The molecule has 0 aliphatic carbocycles. The summed E-state index contributed by atoms with van der Waals surface area (Å²) in [5, 5.41) is 1.13. The first-order valence-corrected chi connectivity index (χ1v) is 6.89. The molecule has 0 radical (unpaired) electrons. The molecule has 0 fully saturated rings. The molecule has 1 nitrogen and oxygen atoms in total. The maximum atomic E-state index is 5.96. The fraction of sp³-hybridized carbons (Fsp3) is 0.250. The zero-order valence-corrected chi connectivity index (χ0v) is 12.6. The highest BCUT2D eigenvalue weighted by Crippen LogP contribution is 2.23. The lowest BCUT2D eigenvalue weighted by Gasteiger charge is -2.09. The van der Waals surface area contributed by atoms with E-state index in [1.807, 2.05) is 12.1 Å². The molecule has 0 spiro atoms. The minimum absolute atomic E-state index is 0.532. The van der Waals surface area contributed by atoms with Gasteiger partial charge in [-0.1, -0.05) is 53.0 Å². The monoisotopic (exact) mass is 294 g/mol. The average molecular weight is 295 g/mol. The van der Waals surface area contributed by atoms with Gasteiger partial charge in [-0.05, 0) is 42.7 Å². The van der Waals surface area contributed by atoms with E-state index in [2.05, 4.69) is 32.0 Å². The van der Waals surface area contributed by atoms with Crippen LogP contribution in [0.4, 0.5) is 0 Å². The molecule has 0 unspecified atom stereocenters. The third kappa shape index (κ3) is 3.97. The van der Waals surface area contributed by atoms with Gasteiger partial charge in [-0.3, -0.25) is 0 Å². The number of ether oxygens (including phenoxy) is 1. The molecule has 2 rings (SSSR count). The first-order valence-electron chi connectivity index (χ1n) is 6.14. The number of hydrogen-bond donors (Lipinski definition) is 0. The van der Waals surface area contributed by atoms with Crippen molar-refractivity contribution in [2.75, 3.05) is 0 Å². The Kier molecular flexibility index (Phi) is 4.87. The van der Waals surface area contributed by atoms with Gasteiger partial charge >= 0.3 is 0 Å². The SMILES string of the molecule is Cc1ccc(COCc2ccc(Cl)c(Cl)c2)c(C)c1. The van der Waals surface area contributed by atoms with Crippen LogP contribution in [0.1, 0.15) is 22.3 Å². The first-order chi connectivity index (χ1) is 9.06. The van der Waals surface area contributed by atoms with E-state index in [0.29, 0.717) is 23.3 Å². The van der Waals surface area contributed by atoms with Gasteiger partial charge < -0.3 is 4.74 Å². The third-order valence-corrected chi connectivity index (χ3v) is 3.75. The van der Waals surface area contributed by atoms with Crippen LogP contribution in [0.5, 0.6) is 0 Å². The van der Waals surface area contributed by atoms with Crippen molar-refractivity contribution in [3.8, 4) is 0 Å². The van der Waals surface area contributed by atoms with Gasteiger partial charge in [0.25, 0.3) is 0 Å². The number of hydrogen-bond acceptors (Lipinski definition) is 1. The average Bonchev–Trinajstić information content (AvgIpc) is 2.36. The van der Waals surface area contributed by atoms with Gasteiger partial charge in [0.15, 0.2) is 0 Å². The van der Waals surface area contributed by atoms with Gasteiger partial charge in [-0.15, -0.1) is 0 Å². The third-order valence-electron chi connectivity index (χ3n) is 3.01. The van der Waals surface area contributed by atoms with Crippen molar-refractivity contribution in [1.29, 1.82) is 0 Å². The lowest BCUT2D eigenvalue weighted by atomic mass is 10.1. The van der Waals surface area contributed by atoms with E-state index in [-0.39, 0.29) is 0 Å². The second kappa shape index (κ2) is 6.42. The van der Waals surface area contributed by atoms with E-state index in [4.69, 9.17) is 27.9 Å². The predicted molar refractivity (Wildman–Crippen MR) is 80.9 cm³/mol. The summed E-state index contributed by atoms with van der Waals surface area (Å²) in [5.41, 5.74) is 4.77. The number of halogens is 2. The molecule has 2 aromatic rings. The van der Waals surface area contributed by atoms with Gasteiger partial charge in [-0.25, -0.2) is 0 Å². The van der Waals surface area contributed by atoms with Gasteiger partial charge in [0, 0.05) is 0 Å². The van der Waals surface area contributed by atoms with Crippen LogP contribution < -0.4 is 0 Å². The second-order valence-corrected chi connectivity index (χ2v) is 5.49. The van der Waals surface area contributed by atoms with Crippen LogP contribution in [0.25, 0.3) is 0 Å². The Balaban J connectivity index is 1.94. The van der Waals surface area contributed by atoms with Gasteiger partial charge in [0.1, 0.15) is 0 Å². The Morgan fingerprint density at radius 1 is 0.895 bits per heavy atom. The van der Waals surface area contributed by atoms with Crippen LogP contribution in [-0.2, 0) is 18.0 Å². The highest BCUT2D eigenvalue weighted by molar-refractivity contribution is 6.42. The Hall–Kier alpha value is -1.02. The quantitative estimate of drug-likeness (QED) is 0.741. The standard InChI is InChI=1S/C16H16Cl2O/c1-11-3-5-14(12(2)7-11)10-19-9-13-4-6-15(17)16(18)8-13/h3-8H,9-10H2,1-2H3. The van der Waals surface area contributed by atoms with Crippen LogP contribution >= 0.6 is 23.2 Å². The van der Waals surface area contributed by atoms with Crippen molar-refractivity contribution in [1.82, 2.24) is 0 Å². The summed E-state index contributed by atoms with van der Waals surface area (Å²) >= 11 is 11.8. The Morgan fingerprint density at radius 2 is 1.68 bits per heavy atom. The normalized spacial score (nSPS) is 10.7. The molecule has 2 aromatic carbocycles. The largest absolute Gasteiger partial charge is 0.372 e. The van der Waals surface area contributed by atoms with Crippen molar-refractivity contribution >= 4 is 23.2 Å². The van der Waals surface area contributed by atoms with Gasteiger partial charge in [0.05, 0.1) is 23.3 Å². The molecule has 0 saturated carbocycles. The van der Waals surface area contributed by atoms with Crippen LogP contribution in [0.3, 0.4) is 0 Å². The molecule has 0 bridgehead atoms. The summed E-state index contributed by atoms with van der Waals surface area (Å²) in [6.07, 6.45) is 0. The summed E-state index contributed by atoms with van der Waals surface area (Å²) in [6, 6.07) is 11.9. The molecule has 0 amide bonds. The Bertz CT molecular complexity index is 579. The van der Waals surface area contributed by atoms with E-state index >= 15 is 0 Å². The first kappa shape index (κ1) is 14.4. The molecule has 3 heteroatoms. The van der Waals surface area contributed by atoms with E-state index in [0.717, 1.165) is 5.56 Å². The van der Waals surface area contributed by atoms with Crippen molar-refractivity contribution in [3.05, 3.63) is 68.7 Å². The van der Waals surface area contributed by atoms with E-state index in [1.165, 1.54) is 16.7 Å². The molecule has 0 saturated heterocycles. The van der Waals surface area contributed by atoms with E-state index < -0.39 is 0 Å². The molecule has 0 aliphatic rings. The molecule has 0 heterocycles. The van der Waals surface area contributed by atoms with Crippen LogP contribution in [0.2, 0.25) is 10.0 Å². The molecule has 0 aromatic heterocycles. The lowest BCUT2D eigenvalue weighted by molar-refractivity contribution is 0.107. The van der Waals surface area contributed by atoms with E-state index in [9.17, 15) is 0 Å².